The van der Waals surface area contributed by atoms with Crippen molar-refractivity contribution in [3.63, 3.8) is 0 Å². The molecule has 7 heteroatoms. The monoisotopic (exact) mass is 382 g/mol. The molecule has 0 bridgehead atoms. The van der Waals surface area contributed by atoms with E-state index in [4.69, 9.17) is 4.74 Å². The highest BCUT2D eigenvalue weighted by atomic mass is 16.6. The molecule has 1 N–H and O–H groups in total. The zero-order valence-corrected chi connectivity index (χ0v) is 16.0. The number of fused-ring (bicyclic) bond motifs is 1. The Morgan fingerprint density at radius 3 is 2.43 bits per heavy atom. The van der Waals surface area contributed by atoms with Crippen LogP contribution in [0.3, 0.4) is 0 Å². The predicted molar refractivity (Wildman–Crippen MR) is 107 cm³/mol. The first-order chi connectivity index (χ1) is 13.2. The molecule has 0 aliphatic heterocycles. The molecule has 0 fully saturated rings. The molecule has 0 saturated carbocycles. The molecule has 0 aliphatic rings. The molecule has 0 atom stereocenters. The first-order valence-electron chi connectivity index (χ1n) is 9.03. The van der Waals surface area contributed by atoms with Crippen LogP contribution >= 0.6 is 0 Å². The number of carboxylic acids is 1. The molecule has 1 aromatic heterocycles. The second-order valence-corrected chi connectivity index (χ2v) is 7.12. The molecule has 0 amide bonds. The fourth-order valence-corrected chi connectivity index (χ4v) is 3.09. The number of rotatable bonds is 7. The molecule has 7 nitrogen and oxygen atoms in total. The Balaban J connectivity index is 2.07. The highest BCUT2D eigenvalue weighted by molar-refractivity contribution is 5.88. The Bertz CT molecular complexity index is 1030. The van der Waals surface area contributed by atoms with E-state index in [-0.39, 0.29) is 5.69 Å². The van der Waals surface area contributed by atoms with Crippen LogP contribution in [0.4, 0.5) is 5.69 Å². The molecule has 0 saturated heterocycles. The summed E-state index contributed by atoms with van der Waals surface area (Å²) < 4.78 is 7.80. The molecule has 2 aromatic carbocycles. The van der Waals surface area contributed by atoms with Crippen LogP contribution in [-0.4, -0.2) is 26.2 Å². The number of hydrogen-bond donors (Lipinski definition) is 1. The van der Waals surface area contributed by atoms with Crippen molar-refractivity contribution in [1.29, 1.82) is 0 Å². The smallest absolute Gasteiger partial charge is 0.347 e. The molecule has 3 rings (SSSR count). The van der Waals surface area contributed by atoms with Gasteiger partial charge in [-0.3, -0.25) is 10.1 Å². The van der Waals surface area contributed by atoms with Gasteiger partial charge in [0.15, 0.2) is 5.60 Å². The first-order valence-corrected chi connectivity index (χ1v) is 9.03. The number of nitrogens with zero attached hydrogens (tertiary/aromatic N) is 2. The fourth-order valence-electron chi connectivity index (χ4n) is 3.09. The lowest BCUT2D eigenvalue weighted by Crippen LogP contribution is -2.37. The minimum atomic E-state index is -1.34. The third-order valence-corrected chi connectivity index (χ3v) is 4.58. The number of carbonyl (C=O) groups is 1. The average Bonchev–Trinajstić information content (AvgIpc) is 3.00. The largest absolute Gasteiger partial charge is 0.478 e. The van der Waals surface area contributed by atoms with Crippen molar-refractivity contribution in [2.24, 2.45) is 0 Å². The van der Waals surface area contributed by atoms with Crippen LogP contribution < -0.4 is 4.74 Å². The fraction of sp³-hybridized carbons (Fsp3) is 0.286. The summed E-state index contributed by atoms with van der Waals surface area (Å²) in [6.07, 6.45) is 0.898. The lowest BCUT2D eigenvalue weighted by atomic mass is 10.1. The molecule has 1 heterocycles. The molecule has 0 unspecified atom stereocenters. The number of nitro groups is 1. The number of carboxylic acid groups (broad SMARTS) is 1. The van der Waals surface area contributed by atoms with Crippen molar-refractivity contribution in [2.45, 2.75) is 39.3 Å². The number of aliphatic carboxylic acids is 1. The van der Waals surface area contributed by atoms with Gasteiger partial charge in [0.25, 0.3) is 5.69 Å². The lowest BCUT2D eigenvalue weighted by molar-refractivity contribution is -0.384. The lowest BCUT2D eigenvalue weighted by Gasteiger charge is -2.21. The summed E-state index contributed by atoms with van der Waals surface area (Å²) in [6, 6.07) is 14.0. The number of aryl methyl sites for hydroxylation is 1. The van der Waals surface area contributed by atoms with Gasteiger partial charge in [-0.2, -0.15) is 0 Å². The van der Waals surface area contributed by atoms with E-state index >= 15 is 0 Å². The summed E-state index contributed by atoms with van der Waals surface area (Å²) >= 11 is 0. The Morgan fingerprint density at radius 1 is 1.18 bits per heavy atom. The summed E-state index contributed by atoms with van der Waals surface area (Å²) in [5.74, 6) is -0.561. The van der Waals surface area contributed by atoms with Crippen LogP contribution in [0, 0.1) is 10.1 Å². The molecular weight excluding hydrogens is 360 g/mol. The van der Waals surface area contributed by atoms with Crippen LogP contribution in [0.5, 0.6) is 5.75 Å². The van der Waals surface area contributed by atoms with Gasteiger partial charge < -0.3 is 14.4 Å². The van der Waals surface area contributed by atoms with Gasteiger partial charge in [-0.15, -0.1) is 0 Å². The van der Waals surface area contributed by atoms with E-state index < -0.39 is 16.5 Å². The Labute approximate surface area is 162 Å². The van der Waals surface area contributed by atoms with E-state index in [1.54, 1.807) is 18.2 Å². The van der Waals surface area contributed by atoms with Crippen molar-refractivity contribution in [1.82, 2.24) is 4.57 Å². The normalized spacial score (nSPS) is 11.5. The number of nitro benzene ring substituents is 1. The van der Waals surface area contributed by atoms with Crippen LogP contribution in [0.25, 0.3) is 22.2 Å². The minimum absolute atomic E-state index is 0.0495. The molecular formula is C21H22N2O5. The van der Waals surface area contributed by atoms with E-state index in [0.29, 0.717) is 5.75 Å². The first kappa shape index (κ1) is 19.4. The van der Waals surface area contributed by atoms with Crippen LogP contribution in [-0.2, 0) is 11.3 Å². The highest BCUT2D eigenvalue weighted by Gasteiger charge is 2.29. The highest BCUT2D eigenvalue weighted by Crippen LogP contribution is 2.32. The maximum atomic E-state index is 11.3. The molecule has 28 heavy (non-hydrogen) atoms. The Morgan fingerprint density at radius 2 is 1.86 bits per heavy atom. The van der Waals surface area contributed by atoms with Gasteiger partial charge >= 0.3 is 5.97 Å². The quantitative estimate of drug-likeness (QED) is 0.465. The maximum Gasteiger partial charge on any atom is 0.347 e. The topological polar surface area (TPSA) is 94.6 Å². The second kappa shape index (κ2) is 7.34. The molecule has 0 spiro atoms. The predicted octanol–water partition coefficient (Wildman–Crippen LogP) is 4.87. The van der Waals surface area contributed by atoms with Gasteiger partial charge in [0, 0.05) is 35.8 Å². The molecule has 3 aromatic rings. The SMILES string of the molecule is CCCn1c(-c2ccc([N+](=O)[O-])cc2)cc2ccc(OC(C)(C)C(=O)O)cc21. The summed E-state index contributed by atoms with van der Waals surface area (Å²) in [5.41, 5.74) is 1.46. The van der Waals surface area contributed by atoms with Crippen LogP contribution in [0.2, 0.25) is 0 Å². The van der Waals surface area contributed by atoms with E-state index in [0.717, 1.165) is 35.1 Å². The van der Waals surface area contributed by atoms with Crippen molar-refractivity contribution >= 4 is 22.6 Å². The minimum Gasteiger partial charge on any atom is -0.478 e. The molecule has 146 valence electrons. The van der Waals surface area contributed by atoms with E-state index in [1.807, 2.05) is 18.2 Å². The third-order valence-electron chi connectivity index (χ3n) is 4.58. The van der Waals surface area contributed by atoms with Gasteiger partial charge in [-0.1, -0.05) is 6.92 Å². The van der Waals surface area contributed by atoms with E-state index in [1.165, 1.54) is 26.0 Å². The molecule has 0 radical (unpaired) electrons. The number of aromatic nitrogens is 1. The van der Waals surface area contributed by atoms with Crippen molar-refractivity contribution in [2.75, 3.05) is 0 Å². The van der Waals surface area contributed by atoms with Crippen molar-refractivity contribution in [3.05, 3.63) is 58.6 Å². The van der Waals surface area contributed by atoms with E-state index in [9.17, 15) is 20.0 Å². The summed E-state index contributed by atoms with van der Waals surface area (Å²) in [6.45, 7) is 5.83. The van der Waals surface area contributed by atoms with Crippen molar-refractivity contribution in [3.8, 4) is 17.0 Å². The third kappa shape index (κ3) is 3.69. The Hall–Kier alpha value is -3.35. The second-order valence-electron chi connectivity index (χ2n) is 7.12. The van der Waals surface area contributed by atoms with Crippen LogP contribution in [0.15, 0.2) is 48.5 Å². The standard InChI is InChI=1S/C21H22N2O5/c1-4-11-22-18(14-5-8-16(9-6-14)23(26)27)12-15-7-10-17(13-19(15)22)28-21(2,3)20(24)25/h5-10,12-13H,4,11H2,1-3H3,(H,24,25). The van der Waals surface area contributed by atoms with Crippen molar-refractivity contribution < 1.29 is 19.6 Å². The molecule has 0 aliphatic carbocycles. The van der Waals surface area contributed by atoms with E-state index in [2.05, 4.69) is 11.5 Å². The number of hydrogen-bond acceptors (Lipinski definition) is 4. The van der Waals surface area contributed by atoms with Gasteiger partial charge in [0.2, 0.25) is 0 Å². The van der Waals surface area contributed by atoms with Gasteiger partial charge in [-0.05, 0) is 56.2 Å². The zero-order chi connectivity index (χ0) is 20.5. The summed E-state index contributed by atoms with van der Waals surface area (Å²) in [4.78, 5) is 21.8. The maximum absolute atomic E-state index is 11.3. The summed E-state index contributed by atoms with van der Waals surface area (Å²) in [7, 11) is 0. The van der Waals surface area contributed by atoms with Gasteiger partial charge in [0.05, 0.1) is 10.4 Å². The number of non-ortho nitro benzene ring substituents is 1. The number of ether oxygens (including phenoxy) is 1. The van der Waals surface area contributed by atoms with Crippen LogP contribution in [0.1, 0.15) is 27.2 Å². The van der Waals surface area contributed by atoms with Gasteiger partial charge in [-0.25, -0.2) is 4.79 Å². The average molecular weight is 382 g/mol. The summed E-state index contributed by atoms with van der Waals surface area (Å²) in [5, 5.41) is 21.2. The zero-order valence-electron chi connectivity index (χ0n) is 16.0. The Kier molecular flexibility index (Phi) is 5.09. The van der Waals surface area contributed by atoms with Gasteiger partial charge in [0.1, 0.15) is 5.75 Å². The number of benzene rings is 2.